The van der Waals surface area contributed by atoms with E-state index in [1.807, 2.05) is 13.1 Å². The van der Waals surface area contributed by atoms with Crippen molar-refractivity contribution >= 4 is 17.5 Å². The molecule has 0 aliphatic carbocycles. The van der Waals surface area contributed by atoms with E-state index in [-0.39, 0.29) is 18.4 Å². The summed E-state index contributed by atoms with van der Waals surface area (Å²) in [5.74, 6) is 3.20. The summed E-state index contributed by atoms with van der Waals surface area (Å²) in [4.78, 5) is 27.6. The van der Waals surface area contributed by atoms with Crippen LogP contribution in [0.1, 0.15) is 55.1 Å². The number of carbonyl (C=O) groups excluding carboxylic acids is 1. The van der Waals surface area contributed by atoms with Gasteiger partial charge in [0.15, 0.2) is 0 Å². The van der Waals surface area contributed by atoms with Crippen LogP contribution >= 0.6 is 0 Å². The molecule has 1 amide bonds. The van der Waals surface area contributed by atoms with Crippen molar-refractivity contribution in [3.05, 3.63) is 29.6 Å². The molecule has 0 bridgehead atoms. The molecule has 144 valence electrons. The molecule has 4 heterocycles. The predicted octanol–water partition coefficient (Wildman–Crippen LogP) is 1.80. The Balaban J connectivity index is 1.52. The Morgan fingerprint density at radius 2 is 2.07 bits per heavy atom. The van der Waals surface area contributed by atoms with E-state index in [2.05, 4.69) is 31.7 Å². The minimum atomic E-state index is 0.0180. The van der Waals surface area contributed by atoms with Crippen LogP contribution in [0.2, 0.25) is 0 Å². The molecular weight excluding hydrogens is 344 g/mol. The first kappa shape index (κ1) is 17.9. The maximum absolute atomic E-state index is 11.8. The lowest BCUT2D eigenvalue weighted by Crippen LogP contribution is -2.36. The number of nitrogens with zero attached hydrogens (tertiary/aromatic N) is 5. The van der Waals surface area contributed by atoms with Crippen LogP contribution in [-0.2, 0) is 11.3 Å². The zero-order valence-corrected chi connectivity index (χ0v) is 15.9. The summed E-state index contributed by atoms with van der Waals surface area (Å²) in [5.41, 5.74) is 2.04. The minimum Gasteiger partial charge on any atom is -0.395 e. The lowest BCUT2D eigenvalue weighted by atomic mass is 9.92. The van der Waals surface area contributed by atoms with Gasteiger partial charge < -0.3 is 19.9 Å². The molecule has 1 saturated heterocycles. The number of aliphatic hydroxyl groups is 1. The molecule has 2 N–H and O–H groups in total. The number of anilines is 2. The van der Waals surface area contributed by atoms with Crippen LogP contribution in [-0.4, -0.2) is 50.2 Å². The molecule has 27 heavy (non-hydrogen) atoms. The van der Waals surface area contributed by atoms with E-state index in [4.69, 9.17) is 4.98 Å². The number of aryl methyl sites for hydroxylation is 1. The lowest BCUT2D eigenvalue weighted by Gasteiger charge is -2.35. The molecule has 2 aromatic heterocycles. The molecule has 2 aliphatic heterocycles. The fourth-order valence-electron chi connectivity index (χ4n) is 4.28. The van der Waals surface area contributed by atoms with Gasteiger partial charge in [-0.2, -0.15) is 0 Å². The largest absolute Gasteiger partial charge is 0.395 e. The minimum absolute atomic E-state index is 0.0180. The van der Waals surface area contributed by atoms with Gasteiger partial charge in [0.2, 0.25) is 5.91 Å². The van der Waals surface area contributed by atoms with Gasteiger partial charge >= 0.3 is 0 Å². The topological polar surface area (TPSA) is 96.2 Å². The number of imidazole rings is 1. The molecule has 8 heteroatoms. The van der Waals surface area contributed by atoms with Gasteiger partial charge in [-0.1, -0.05) is 6.92 Å². The zero-order valence-electron chi connectivity index (χ0n) is 15.9. The number of aromatic nitrogens is 4. The van der Waals surface area contributed by atoms with Gasteiger partial charge in [0.05, 0.1) is 12.3 Å². The number of amides is 1. The Hall–Kier alpha value is -2.48. The summed E-state index contributed by atoms with van der Waals surface area (Å²) in [6.07, 6.45) is 6.00. The molecule has 0 aromatic carbocycles. The van der Waals surface area contributed by atoms with Crippen molar-refractivity contribution in [1.29, 1.82) is 0 Å². The fourth-order valence-corrected chi connectivity index (χ4v) is 4.28. The smallest absolute Gasteiger partial charge is 0.226 e. The van der Waals surface area contributed by atoms with Gasteiger partial charge in [0, 0.05) is 43.7 Å². The Morgan fingerprint density at radius 1 is 1.30 bits per heavy atom. The Bertz CT molecular complexity index is 841. The van der Waals surface area contributed by atoms with E-state index in [1.165, 1.54) is 6.33 Å². The third-order valence-corrected chi connectivity index (χ3v) is 5.53. The number of carbonyl (C=O) groups is 1. The van der Waals surface area contributed by atoms with Crippen LogP contribution in [0.4, 0.5) is 11.6 Å². The van der Waals surface area contributed by atoms with Gasteiger partial charge in [-0.25, -0.2) is 15.0 Å². The maximum atomic E-state index is 11.8. The van der Waals surface area contributed by atoms with Gasteiger partial charge in [0.25, 0.3) is 0 Å². The monoisotopic (exact) mass is 370 g/mol. The van der Waals surface area contributed by atoms with E-state index >= 15 is 0 Å². The van der Waals surface area contributed by atoms with Crippen LogP contribution in [0, 0.1) is 6.92 Å². The van der Waals surface area contributed by atoms with E-state index in [9.17, 15) is 9.90 Å². The molecule has 0 unspecified atom stereocenters. The summed E-state index contributed by atoms with van der Waals surface area (Å²) in [6, 6.07) is 0. The van der Waals surface area contributed by atoms with Gasteiger partial charge in [-0.05, 0) is 25.7 Å². The molecule has 2 aromatic rings. The van der Waals surface area contributed by atoms with Crippen molar-refractivity contribution < 1.29 is 9.90 Å². The average molecular weight is 370 g/mol. The van der Waals surface area contributed by atoms with Crippen molar-refractivity contribution in [3.63, 3.8) is 0 Å². The van der Waals surface area contributed by atoms with Crippen LogP contribution in [0.5, 0.6) is 0 Å². The molecule has 1 atom stereocenters. The standard InChI is InChI=1S/C19H26N6O2/c1-12-9-15(27)23-17-16(12)19(21-11-20-17)24-5-3-14(4-6-24)18-22-13(2)10-25(18)7-8-26/h10-12,14,26H,3-9H2,1-2H3,(H,20,21,23,27)/t12-/m1/s1. The first-order valence-electron chi connectivity index (χ1n) is 9.61. The Kier molecular flexibility index (Phi) is 4.82. The van der Waals surface area contributed by atoms with Gasteiger partial charge in [0.1, 0.15) is 23.8 Å². The van der Waals surface area contributed by atoms with Gasteiger partial charge in [-0.3, -0.25) is 4.79 Å². The van der Waals surface area contributed by atoms with Gasteiger partial charge in [-0.15, -0.1) is 0 Å². The summed E-state index contributed by atoms with van der Waals surface area (Å²) in [7, 11) is 0. The normalized spacial score (nSPS) is 20.5. The van der Waals surface area contributed by atoms with E-state index in [0.29, 0.717) is 24.7 Å². The Labute approximate surface area is 158 Å². The van der Waals surface area contributed by atoms with Crippen molar-refractivity contribution in [2.45, 2.75) is 51.5 Å². The highest BCUT2D eigenvalue weighted by molar-refractivity contribution is 5.94. The lowest BCUT2D eigenvalue weighted by molar-refractivity contribution is -0.116. The molecule has 2 aliphatic rings. The number of hydrogen-bond donors (Lipinski definition) is 2. The van der Waals surface area contributed by atoms with Crippen LogP contribution in [0.15, 0.2) is 12.5 Å². The third kappa shape index (κ3) is 3.41. The highest BCUT2D eigenvalue weighted by atomic mass is 16.3. The van der Waals surface area contributed by atoms with E-state index in [0.717, 1.165) is 48.8 Å². The predicted molar refractivity (Wildman–Crippen MR) is 102 cm³/mol. The number of nitrogens with one attached hydrogen (secondary N) is 1. The first-order chi connectivity index (χ1) is 13.1. The quantitative estimate of drug-likeness (QED) is 0.852. The van der Waals surface area contributed by atoms with Crippen LogP contribution < -0.4 is 10.2 Å². The maximum Gasteiger partial charge on any atom is 0.226 e. The summed E-state index contributed by atoms with van der Waals surface area (Å²) in [5, 5.41) is 12.2. The highest BCUT2D eigenvalue weighted by Crippen LogP contribution is 2.38. The molecule has 0 saturated carbocycles. The summed E-state index contributed by atoms with van der Waals surface area (Å²) in [6.45, 7) is 6.55. The third-order valence-electron chi connectivity index (χ3n) is 5.53. The van der Waals surface area contributed by atoms with Crippen molar-refractivity contribution in [1.82, 2.24) is 19.5 Å². The number of rotatable bonds is 4. The molecule has 1 fully saturated rings. The van der Waals surface area contributed by atoms with Crippen LogP contribution in [0.25, 0.3) is 0 Å². The average Bonchev–Trinajstić information content (AvgIpc) is 3.02. The summed E-state index contributed by atoms with van der Waals surface area (Å²) < 4.78 is 2.08. The summed E-state index contributed by atoms with van der Waals surface area (Å²) >= 11 is 0. The SMILES string of the molecule is Cc1cn(CCO)c(C2CCN(c3ncnc4c3[C@H](C)CC(=O)N4)CC2)n1. The molecule has 0 radical (unpaired) electrons. The highest BCUT2D eigenvalue weighted by Gasteiger charge is 2.31. The van der Waals surface area contributed by atoms with Crippen molar-refractivity contribution in [2.75, 3.05) is 29.9 Å². The fraction of sp³-hybridized carbons (Fsp3) is 0.579. The number of fused-ring (bicyclic) bond motifs is 1. The second kappa shape index (κ2) is 7.26. The van der Waals surface area contributed by atoms with Crippen molar-refractivity contribution in [3.8, 4) is 0 Å². The van der Waals surface area contributed by atoms with E-state index in [1.54, 1.807) is 0 Å². The van der Waals surface area contributed by atoms with E-state index < -0.39 is 0 Å². The number of piperidine rings is 1. The molecule has 8 nitrogen and oxygen atoms in total. The number of aliphatic hydroxyl groups excluding tert-OH is 1. The second-order valence-electron chi connectivity index (χ2n) is 7.53. The molecule has 0 spiro atoms. The van der Waals surface area contributed by atoms with Crippen molar-refractivity contribution in [2.24, 2.45) is 0 Å². The van der Waals surface area contributed by atoms with Crippen LogP contribution in [0.3, 0.4) is 0 Å². The second-order valence-corrected chi connectivity index (χ2v) is 7.53. The molecule has 4 rings (SSSR count). The zero-order chi connectivity index (χ0) is 19.0. The number of hydrogen-bond acceptors (Lipinski definition) is 6. The Morgan fingerprint density at radius 3 is 2.81 bits per heavy atom. The molecular formula is C19H26N6O2. The first-order valence-corrected chi connectivity index (χ1v) is 9.61.